The Morgan fingerprint density at radius 1 is 1.20 bits per heavy atom. The first-order valence-electron chi connectivity index (χ1n) is 7.59. The Bertz CT molecular complexity index is 528. The lowest BCUT2D eigenvalue weighted by molar-refractivity contribution is 0.469. The first kappa shape index (κ1) is 13.8. The quantitative estimate of drug-likeness (QED) is 0.803. The van der Waals surface area contributed by atoms with Gasteiger partial charge in [0.15, 0.2) is 0 Å². The normalized spacial score (nSPS) is 16.2. The van der Waals surface area contributed by atoms with Crippen LogP contribution in [-0.4, -0.2) is 12.6 Å². The highest BCUT2D eigenvalue weighted by Gasteiger charge is 2.22. The second-order valence-electron chi connectivity index (χ2n) is 6.08. The van der Waals surface area contributed by atoms with E-state index in [4.69, 9.17) is 0 Å². The Kier molecular flexibility index (Phi) is 4.54. The zero-order chi connectivity index (χ0) is 13.8. The Labute approximate surface area is 126 Å². The number of rotatable bonds is 7. The maximum Gasteiger partial charge on any atom is 0.00683 e. The van der Waals surface area contributed by atoms with E-state index in [-0.39, 0.29) is 0 Å². The summed E-state index contributed by atoms with van der Waals surface area (Å²) in [6, 6.07) is 12.0. The lowest BCUT2D eigenvalue weighted by atomic mass is 9.93. The van der Waals surface area contributed by atoms with Crippen molar-refractivity contribution in [1.29, 1.82) is 0 Å². The van der Waals surface area contributed by atoms with Crippen molar-refractivity contribution in [3.8, 4) is 0 Å². The monoisotopic (exact) mass is 285 g/mol. The van der Waals surface area contributed by atoms with Gasteiger partial charge in [-0.2, -0.15) is 11.3 Å². The molecule has 20 heavy (non-hydrogen) atoms. The summed E-state index contributed by atoms with van der Waals surface area (Å²) in [7, 11) is 0. The molecule has 0 spiro atoms. The molecule has 2 heteroatoms. The molecule has 1 nitrogen and oxygen atoms in total. The van der Waals surface area contributed by atoms with Gasteiger partial charge in [-0.1, -0.05) is 29.8 Å². The van der Waals surface area contributed by atoms with Crippen molar-refractivity contribution in [2.75, 3.05) is 6.54 Å². The van der Waals surface area contributed by atoms with Gasteiger partial charge in [0, 0.05) is 6.04 Å². The summed E-state index contributed by atoms with van der Waals surface area (Å²) in [5.41, 5.74) is 4.33. The van der Waals surface area contributed by atoms with Gasteiger partial charge in [0.25, 0.3) is 0 Å². The van der Waals surface area contributed by atoms with Crippen molar-refractivity contribution in [2.24, 2.45) is 5.92 Å². The van der Waals surface area contributed by atoms with Crippen LogP contribution in [0.15, 0.2) is 41.1 Å². The minimum atomic E-state index is 0.701. The smallest absolute Gasteiger partial charge is 0.00683 e. The van der Waals surface area contributed by atoms with Crippen LogP contribution in [0.2, 0.25) is 0 Å². The zero-order valence-corrected chi connectivity index (χ0v) is 13.0. The first-order valence-corrected chi connectivity index (χ1v) is 8.54. The fourth-order valence-electron chi connectivity index (χ4n) is 2.75. The number of nitrogens with one attached hydrogen (secondary N) is 1. The standard InChI is InChI=1S/C18H23NS/c1-14-3-2-4-15(9-14)10-17(12-19-18-5-6-18)11-16-7-8-20-13-16/h2-4,7-9,13,17-19H,5-6,10-12H2,1H3. The molecule has 1 saturated carbocycles. The summed E-state index contributed by atoms with van der Waals surface area (Å²) < 4.78 is 0. The summed E-state index contributed by atoms with van der Waals surface area (Å²) in [5.74, 6) is 0.701. The summed E-state index contributed by atoms with van der Waals surface area (Å²) in [6.45, 7) is 3.33. The van der Waals surface area contributed by atoms with Gasteiger partial charge in [-0.15, -0.1) is 0 Å². The maximum atomic E-state index is 3.71. The molecule has 1 aliphatic carbocycles. The molecule has 3 rings (SSSR count). The van der Waals surface area contributed by atoms with Gasteiger partial charge in [0.05, 0.1) is 0 Å². The van der Waals surface area contributed by atoms with Crippen molar-refractivity contribution in [1.82, 2.24) is 5.32 Å². The van der Waals surface area contributed by atoms with Gasteiger partial charge in [0.1, 0.15) is 0 Å². The van der Waals surface area contributed by atoms with Gasteiger partial charge < -0.3 is 5.32 Å². The Morgan fingerprint density at radius 2 is 2.05 bits per heavy atom. The lowest BCUT2D eigenvalue weighted by Gasteiger charge is -2.17. The van der Waals surface area contributed by atoms with E-state index >= 15 is 0 Å². The number of hydrogen-bond acceptors (Lipinski definition) is 2. The topological polar surface area (TPSA) is 12.0 Å². The molecule has 1 aromatic heterocycles. The third-order valence-electron chi connectivity index (χ3n) is 3.98. The molecule has 1 fully saturated rings. The van der Waals surface area contributed by atoms with Crippen LogP contribution < -0.4 is 5.32 Å². The van der Waals surface area contributed by atoms with E-state index in [2.05, 4.69) is 53.3 Å². The zero-order valence-electron chi connectivity index (χ0n) is 12.1. The van der Waals surface area contributed by atoms with Crippen LogP contribution in [-0.2, 0) is 12.8 Å². The molecule has 1 N–H and O–H groups in total. The van der Waals surface area contributed by atoms with Gasteiger partial charge in [-0.05, 0) is 73.0 Å². The highest BCUT2D eigenvalue weighted by Crippen LogP contribution is 2.21. The van der Waals surface area contributed by atoms with Crippen LogP contribution >= 0.6 is 11.3 Å². The van der Waals surface area contributed by atoms with Crippen molar-refractivity contribution < 1.29 is 0 Å². The SMILES string of the molecule is Cc1cccc(CC(CNC2CC2)Cc2ccsc2)c1. The first-order chi connectivity index (χ1) is 9.79. The summed E-state index contributed by atoms with van der Waals surface area (Å²) in [6.07, 6.45) is 5.11. The Hall–Kier alpha value is -1.12. The number of hydrogen-bond donors (Lipinski definition) is 1. The summed E-state index contributed by atoms with van der Waals surface area (Å²) in [4.78, 5) is 0. The summed E-state index contributed by atoms with van der Waals surface area (Å²) in [5, 5.41) is 8.19. The molecule has 0 aliphatic heterocycles. The average Bonchev–Trinajstić information content (AvgIpc) is 3.12. The average molecular weight is 285 g/mol. The van der Waals surface area contributed by atoms with E-state index in [1.807, 2.05) is 0 Å². The van der Waals surface area contributed by atoms with E-state index in [1.165, 1.54) is 42.4 Å². The van der Waals surface area contributed by atoms with Crippen molar-refractivity contribution in [3.05, 3.63) is 57.8 Å². The van der Waals surface area contributed by atoms with Crippen LogP contribution in [0.5, 0.6) is 0 Å². The molecule has 0 saturated heterocycles. The van der Waals surface area contributed by atoms with E-state index in [9.17, 15) is 0 Å². The number of benzene rings is 1. The molecule has 2 aromatic rings. The third-order valence-corrected chi connectivity index (χ3v) is 4.72. The highest BCUT2D eigenvalue weighted by atomic mass is 32.1. The largest absolute Gasteiger partial charge is 0.314 e. The minimum Gasteiger partial charge on any atom is -0.314 e. The molecule has 1 atom stereocenters. The molecular formula is C18H23NS. The molecular weight excluding hydrogens is 262 g/mol. The second-order valence-corrected chi connectivity index (χ2v) is 6.86. The molecule has 0 amide bonds. The fourth-order valence-corrected chi connectivity index (χ4v) is 3.43. The third kappa shape index (κ3) is 4.19. The molecule has 106 valence electrons. The molecule has 1 aromatic carbocycles. The van der Waals surface area contributed by atoms with Crippen LogP contribution in [0.4, 0.5) is 0 Å². The van der Waals surface area contributed by atoms with Gasteiger partial charge in [0.2, 0.25) is 0 Å². The van der Waals surface area contributed by atoms with Crippen LogP contribution in [0.3, 0.4) is 0 Å². The molecule has 0 bridgehead atoms. The fraction of sp³-hybridized carbons (Fsp3) is 0.444. The highest BCUT2D eigenvalue weighted by molar-refractivity contribution is 7.07. The van der Waals surface area contributed by atoms with Gasteiger partial charge in [-0.3, -0.25) is 0 Å². The van der Waals surface area contributed by atoms with Crippen molar-refractivity contribution >= 4 is 11.3 Å². The minimum absolute atomic E-state index is 0.701. The van der Waals surface area contributed by atoms with E-state index in [0.29, 0.717) is 5.92 Å². The summed E-state index contributed by atoms with van der Waals surface area (Å²) >= 11 is 1.81. The van der Waals surface area contributed by atoms with E-state index < -0.39 is 0 Å². The Balaban J connectivity index is 1.63. The maximum absolute atomic E-state index is 3.71. The second kappa shape index (κ2) is 6.55. The predicted molar refractivity (Wildman–Crippen MR) is 87.4 cm³/mol. The Morgan fingerprint density at radius 3 is 2.75 bits per heavy atom. The molecule has 1 heterocycles. The molecule has 0 radical (unpaired) electrons. The number of thiophene rings is 1. The molecule has 1 unspecified atom stereocenters. The van der Waals surface area contributed by atoms with Crippen LogP contribution in [0.1, 0.15) is 29.5 Å². The van der Waals surface area contributed by atoms with Crippen LogP contribution in [0, 0.1) is 12.8 Å². The lowest BCUT2D eigenvalue weighted by Crippen LogP contribution is -2.27. The van der Waals surface area contributed by atoms with E-state index in [0.717, 1.165) is 12.6 Å². The van der Waals surface area contributed by atoms with E-state index in [1.54, 1.807) is 11.3 Å². The number of aryl methyl sites for hydroxylation is 1. The van der Waals surface area contributed by atoms with Gasteiger partial charge in [-0.25, -0.2) is 0 Å². The van der Waals surface area contributed by atoms with Crippen LogP contribution in [0.25, 0.3) is 0 Å². The van der Waals surface area contributed by atoms with Crippen molar-refractivity contribution in [2.45, 2.75) is 38.6 Å². The van der Waals surface area contributed by atoms with Crippen molar-refractivity contribution in [3.63, 3.8) is 0 Å². The molecule has 1 aliphatic rings. The van der Waals surface area contributed by atoms with Gasteiger partial charge >= 0.3 is 0 Å². The predicted octanol–water partition coefficient (Wildman–Crippen LogP) is 4.21.